The van der Waals surface area contributed by atoms with Crippen LogP contribution in [0.2, 0.25) is 0 Å². The fourth-order valence-electron chi connectivity index (χ4n) is 3.49. The predicted molar refractivity (Wildman–Crippen MR) is 108 cm³/mol. The van der Waals surface area contributed by atoms with Crippen molar-refractivity contribution in [1.82, 2.24) is 4.98 Å². The molecular formula is C22H24N2O3S. The molecule has 1 saturated heterocycles. The van der Waals surface area contributed by atoms with Crippen molar-refractivity contribution in [1.29, 1.82) is 0 Å². The number of benzene rings is 2. The number of oxazole rings is 1. The second-order valence-electron chi connectivity index (χ2n) is 7.24. The monoisotopic (exact) mass is 396 g/mol. The van der Waals surface area contributed by atoms with E-state index in [1.165, 1.54) is 0 Å². The SMILES string of the molecule is Cc1ccc(S(=O)(=O)c2nc(Cc3ccccc3)oc2N2CCCCC2)cc1. The Labute approximate surface area is 165 Å². The van der Waals surface area contributed by atoms with Gasteiger partial charge in [-0.25, -0.2) is 8.42 Å². The number of rotatable bonds is 5. The third kappa shape index (κ3) is 3.83. The van der Waals surface area contributed by atoms with Crippen LogP contribution in [0.25, 0.3) is 0 Å². The molecule has 5 nitrogen and oxygen atoms in total. The van der Waals surface area contributed by atoms with Gasteiger partial charge in [0.15, 0.2) is 0 Å². The van der Waals surface area contributed by atoms with Crippen molar-refractivity contribution in [2.75, 3.05) is 18.0 Å². The number of hydrogen-bond donors (Lipinski definition) is 0. The minimum absolute atomic E-state index is 0.0317. The topological polar surface area (TPSA) is 63.4 Å². The molecule has 1 fully saturated rings. The molecule has 0 amide bonds. The molecule has 0 N–H and O–H groups in total. The molecule has 1 aliphatic rings. The average molecular weight is 397 g/mol. The summed E-state index contributed by atoms with van der Waals surface area (Å²) in [5.74, 6) is 0.809. The van der Waals surface area contributed by atoms with Crippen molar-refractivity contribution in [3.63, 3.8) is 0 Å². The first-order chi connectivity index (χ1) is 13.5. The van der Waals surface area contributed by atoms with Gasteiger partial charge in [0, 0.05) is 19.5 Å². The molecule has 0 atom stereocenters. The lowest BCUT2D eigenvalue weighted by Crippen LogP contribution is -2.30. The van der Waals surface area contributed by atoms with Crippen LogP contribution in [0.3, 0.4) is 0 Å². The van der Waals surface area contributed by atoms with Gasteiger partial charge in [-0.1, -0.05) is 48.0 Å². The third-order valence-corrected chi connectivity index (χ3v) is 6.72. The minimum Gasteiger partial charge on any atom is -0.423 e. The summed E-state index contributed by atoms with van der Waals surface area (Å²) in [6.07, 6.45) is 3.67. The molecule has 0 unspecified atom stereocenters. The number of nitrogens with zero attached hydrogens (tertiary/aromatic N) is 2. The lowest BCUT2D eigenvalue weighted by molar-refractivity contribution is 0.468. The summed E-state index contributed by atoms with van der Waals surface area (Å²) in [7, 11) is -3.75. The third-order valence-electron chi connectivity index (χ3n) is 5.05. The number of aromatic nitrogens is 1. The van der Waals surface area contributed by atoms with Gasteiger partial charge in [-0.15, -0.1) is 0 Å². The minimum atomic E-state index is -3.75. The Balaban J connectivity index is 1.76. The summed E-state index contributed by atoms with van der Waals surface area (Å²) in [5.41, 5.74) is 2.05. The first-order valence-electron chi connectivity index (χ1n) is 9.64. The second-order valence-corrected chi connectivity index (χ2v) is 9.11. The van der Waals surface area contributed by atoms with Gasteiger partial charge in [0.2, 0.25) is 26.6 Å². The van der Waals surface area contributed by atoms with E-state index in [0.29, 0.717) is 18.2 Å². The highest BCUT2D eigenvalue weighted by molar-refractivity contribution is 7.91. The zero-order chi connectivity index (χ0) is 19.6. The molecule has 146 valence electrons. The van der Waals surface area contributed by atoms with Crippen LogP contribution < -0.4 is 4.90 Å². The average Bonchev–Trinajstić information content (AvgIpc) is 3.14. The molecule has 0 radical (unpaired) electrons. The van der Waals surface area contributed by atoms with E-state index in [9.17, 15) is 8.42 Å². The van der Waals surface area contributed by atoms with Gasteiger partial charge in [-0.05, 0) is 43.9 Å². The molecule has 0 aliphatic carbocycles. The Morgan fingerprint density at radius 2 is 1.64 bits per heavy atom. The molecule has 6 heteroatoms. The second kappa shape index (κ2) is 7.80. The molecule has 2 aromatic carbocycles. The lowest BCUT2D eigenvalue weighted by atomic mass is 10.1. The largest absolute Gasteiger partial charge is 0.423 e. The van der Waals surface area contributed by atoms with Gasteiger partial charge in [0.05, 0.1) is 4.90 Å². The molecule has 1 aliphatic heterocycles. The molecular weight excluding hydrogens is 372 g/mol. The van der Waals surface area contributed by atoms with Crippen molar-refractivity contribution in [2.45, 2.75) is 42.5 Å². The van der Waals surface area contributed by atoms with E-state index in [1.54, 1.807) is 24.3 Å². The summed E-state index contributed by atoms with van der Waals surface area (Å²) < 4.78 is 32.7. The number of hydrogen-bond acceptors (Lipinski definition) is 5. The van der Waals surface area contributed by atoms with Gasteiger partial charge in [-0.2, -0.15) is 4.98 Å². The smallest absolute Gasteiger partial charge is 0.236 e. The van der Waals surface area contributed by atoms with Crippen LogP contribution in [0.5, 0.6) is 0 Å². The fraction of sp³-hybridized carbons (Fsp3) is 0.318. The highest BCUT2D eigenvalue weighted by Crippen LogP contribution is 2.33. The van der Waals surface area contributed by atoms with Crippen molar-refractivity contribution in [2.24, 2.45) is 0 Å². The van der Waals surface area contributed by atoms with E-state index in [2.05, 4.69) is 4.98 Å². The zero-order valence-corrected chi connectivity index (χ0v) is 16.8. The van der Waals surface area contributed by atoms with Gasteiger partial charge in [-0.3, -0.25) is 0 Å². The molecule has 2 heterocycles. The molecule has 0 bridgehead atoms. The highest BCUT2D eigenvalue weighted by Gasteiger charge is 2.31. The van der Waals surface area contributed by atoms with Crippen LogP contribution in [0, 0.1) is 6.92 Å². The molecule has 1 aromatic heterocycles. The lowest BCUT2D eigenvalue weighted by Gasteiger charge is -2.26. The van der Waals surface area contributed by atoms with Crippen LogP contribution in [0.4, 0.5) is 5.88 Å². The summed E-state index contributed by atoms with van der Waals surface area (Å²) in [4.78, 5) is 6.72. The van der Waals surface area contributed by atoms with E-state index in [-0.39, 0.29) is 9.92 Å². The van der Waals surface area contributed by atoms with Crippen molar-refractivity contribution >= 4 is 15.7 Å². The number of piperidine rings is 1. The van der Waals surface area contributed by atoms with Crippen LogP contribution in [0.1, 0.15) is 36.3 Å². The summed E-state index contributed by atoms with van der Waals surface area (Å²) in [6.45, 7) is 3.51. The van der Waals surface area contributed by atoms with E-state index in [4.69, 9.17) is 4.42 Å². The highest BCUT2D eigenvalue weighted by atomic mass is 32.2. The number of sulfone groups is 1. The van der Waals surface area contributed by atoms with Gasteiger partial charge in [0.1, 0.15) is 0 Å². The molecule has 0 spiro atoms. The number of aryl methyl sites for hydroxylation is 1. The maximum atomic E-state index is 13.3. The van der Waals surface area contributed by atoms with Gasteiger partial charge >= 0.3 is 0 Å². The normalized spacial score (nSPS) is 15.0. The maximum absolute atomic E-state index is 13.3. The van der Waals surface area contributed by atoms with Crippen molar-refractivity contribution < 1.29 is 12.8 Å². The van der Waals surface area contributed by atoms with E-state index in [0.717, 1.165) is 43.5 Å². The van der Waals surface area contributed by atoms with Crippen LogP contribution in [-0.2, 0) is 16.3 Å². The first kappa shape index (κ1) is 18.7. The summed E-state index contributed by atoms with van der Waals surface area (Å²) >= 11 is 0. The van der Waals surface area contributed by atoms with E-state index < -0.39 is 9.84 Å². The zero-order valence-electron chi connectivity index (χ0n) is 16.0. The van der Waals surface area contributed by atoms with Crippen LogP contribution in [0.15, 0.2) is 68.9 Å². The summed E-state index contributed by atoms with van der Waals surface area (Å²) in [6, 6.07) is 16.7. The van der Waals surface area contributed by atoms with Crippen LogP contribution >= 0.6 is 0 Å². The van der Waals surface area contributed by atoms with E-state index >= 15 is 0 Å². The Kier molecular flexibility index (Phi) is 5.22. The number of anilines is 1. The Hall–Kier alpha value is -2.60. The molecule has 0 saturated carbocycles. The van der Waals surface area contributed by atoms with Crippen molar-refractivity contribution in [3.8, 4) is 0 Å². The van der Waals surface area contributed by atoms with Crippen LogP contribution in [-0.4, -0.2) is 26.5 Å². The Morgan fingerprint density at radius 1 is 0.964 bits per heavy atom. The van der Waals surface area contributed by atoms with Crippen molar-refractivity contribution in [3.05, 3.63) is 71.6 Å². The standard InChI is InChI=1S/C22H24N2O3S/c1-17-10-12-19(13-11-17)28(25,26)21-22(24-14-6-3-7-15-24)27-20(23-21)16-18-8-4-2-5-9-18/h2,4-5,8-13H,3,6-7,14-16H2,1H3. The maximum Gasteiger partial charge on any atom is 0.236 e. The van der Waals surface area contributed by atoms with Gasteiger partial charge < -0.3 is 9.32 Å². The quantitative estimate of drug-likeness (QED) is 0.640. The molecule has 4 rings (SSSR count). The van der Waals surface area contributed by atoms with Gasteiger partial charge in [0.25, 0.3) is 0 Å². The molecule has 28 heavy (non-hydrogen) atoms. The molecule has 3 aromatic rings. The van der Waals surface area contributed by atoms with E-state index in [1.807, 2.05) is 42.2 Å². The first-order valence-corrected chi connectivity index (χ1v) is 11.1. The Bertz CT molecular complexity index is 1040. The summed E-state index contributed by atoms with van der Waals surface area (Å²) in [5, 5.41) is 0.0317. The Morgan fingerprint density at radius 3 is 2.32 bits per heavy atom. The fourth-order valence-corrected chi connectivity index (χ4v) is 4.83. The predicted octanol–water partition coefficient (Wildman–Crippen LogP) is 4.40.